The molecule has 0 bridgehead atoms. The summed E-state index contributed by atoms with van der Waals surface area (Å²) in [5.74, 6) is -1.37. The number of carbonyl (C=O) groups is 9. The summed E-state index contributed by atoms with van der Waals surface area (Å²) in [7, 11) is 0. The molecule has 130 valence electrons. The minimum Gasteiger partial charge on any atom is -0.303 e. The van der Waals surface area contributed by atoms with Crippen molar-refractivity contribution in [3.63, 3.8) is 0 Å². The van der Waals surface area contributed by atoms with Crippen molar-refractivity contribution in [2.75, 3.05) is 0 Å². The predicted octanol–water partition coefficient (Wildman–Crippen LogP) is -2.26. The van der Waals surface area contributed by atoms with E-state index in [4.69, 9.17) is 0 Å². The van der Waals surface area contributed by atoms with E-state index < -0.39 is 39.4 Å². The summed E-state index contributed by atoms with van der Waals surface area (Å²) in [5.41, 5.74) is -12.7. The lowest BCUT2D eigenvalue weighted by Crippen LogP contribution is -2.66. The Labute approximate surface area is 140 Å². The van der Waals surface area contributed by atoms with Gasteiger partial charge in [-0.15, -0.1) is 0 Å². The molecule has 2 aliphatic carbocycles. The maximum Gasteiger partial charge on any atom is 0.136 e. The Balaban J connectivity index is 3.08. The second-order valence-electron chi connectivity index (χ2n) is 6.40. The third-order valence-electron chi connectivity index (χ3n) is 6.18. The first-order valence-electron chi connectivity index (χ1n) is 7.06. The van der Waals surface area contributed by atoms with Gasteiger partial charge in [0.15, 0.2) is 0 Å². The molecule has 0 heterocycles. The fourth-order valence-electron chi connectivity index (χ4n) is 4.69. The molecule has 9 heteroatoms. The zero-order valence-electron chi connectivity index (χ0n) is 12.7. The molecule has 2 fully saturated rings. The highest BCUT2D eigenvalue weighted by Crippen LogP contribution is 2.82. The van der Waals surface area contributed by atoms with Gasteiger partial charge in [-0.05, 0) is 12.3 Å². The number of carbonyl (C=O) groups excluding carboxylic acids is 9. The molecule has 2 rings (SSSR count). The van der Waals surface area contributed by atoms with E-state index in [9.17, 15) is 43.2 Å². The number of hydrogen-bond donors (Lipinski definition) is 0. The fourth-order valence-corrected chi connectivity index (χ4v) is 4.69. The smallest absolute Gasteiger partial charge is 0.136 e. The SMILES string of the molecule is O=CC1(C=O)CC2C(C=O)(C=O)C2(C=O)C(C=O)(C=O)C1(C=O)C=O. The Morgan fingerprint density at radius 1 is 0.520 bits per heavy atom. The molecule has 0 spiro atoms. The van der Waals surface area contributed by atoms with Gasteiger partial charge in [0.05, 0.1) is 10.8 Å². The molecule has 0 saturated heterocycles. The molecule has 0 aromatic rings. The molecule has 0 aromatic carbocycles. The van der Waals surface area contributed by atoms with Crippen molar-refractivity contribution in [3.05, 3.63) is 0 Å². The van der Waals surface area contributed by atoms with Crippen molar-refractivity contribution in [1.29, 1.82) is 0 Å². The molecule has 2 unspecified atom stereocenters. The van der Waals surface area contributed by atoms with E-state index in [0.717, 1.165) is 0 Å². The Kier molecular flexibility index (Phi) is 3.87. The van der Waals surface area contributed by atoms with Crippen molar-refractivity contribution in [3.8, 4) is 0 Å². The van der Waals surface area contributed by atoms with Crippen molar-refractivity contribution in [1.82, 2.24) is 0 Å². The van der Waals surface area contributed by atoms with Crippen molar-refractivity contribution < 1.29 is 43.2 Å². The van der Waals surface area contributed by atoms with Crippen LogP contribution in [0.2, 0.25) is 0 Å². The summed E-state index contributed by atoms with van der Waals surface area (Å²) in [6.45, 7) is 0. The van der Waals surface area contributed by atoms with Crippen LogP contribution in [0, 0.1) is 33.0 Å². The van der Waals surface area contributed by atoms with Crippen LogP contribution >= 0.6 is 0 Å². The molecular formula is C16H12O9. The molecule has 0 radical (unpaired) electrons. The van der Waals surface area contributed by atoms with Gasteiger partial charge in [0.2, 0.25) is 0 Å². The van der Waals surface area contributed by atoms with E-state index >= 15 is 0 Å². The molecular weight excluding hydrogens is 336 g/mol. The molecule has 25 heavy (non-hydrogen) atoms. The van der Waals surface area contributed by atoms with Gasteiger partial charge >= 0.3 is 0 Å². The van der Waals surface area contributed by atoms with E-state index in [2.05, 4.69) is 0 Å². The van der Waals surface area contributed by atoms with Crippen molar-refractivity contribution >= 4 is 56.6 Å². The lowest BCUT2D eigenvalue weighted by Gasteiger charge is -2.51. The minimum atomic E-state index is -2.86. The quantitative estimate of drug-likeness (QED) is 0.332. The predicted molar refractivity (Wildman–Crippen MR) is 74.8 cm³/mol. The molecule has 2 saturated carbocycles. The summed E-state index contributed by atoms with van der Waals surface area (Å²) in [6, 6.07) is 0. The Bertz CT molecular complexity index is 689. The fraction of sp³-hybridized carbons (Fsp3) is 0.438. The second-order valence-corrected chi connectivity index (χ2v) is 6.40. The standard InChI is InChI=1S/C16H12O9/c17-2-12(3-18)1-11-13(4-19,5-20)16(11,10-25)15(8-23,9-24)14(12,6-21)7-22/h2-11H,1H2. The van der Waals surface area contributed by atoms with Crippen LogP contribution in [0.25, 0.3) is 0 Å². The summed E-state index contributed by atoms with van der Waals surface area (Å²) in [5, 5.41) is 0. The van der Waals surface area contributed by atoms with Crippen LogP contribution in [0.4, 0.5) is 0 Å². The van der Waals surface area contributed by atoms with Gasteiger partial charge in [0, 0.05) is 0 Å². The van der Waals surface area contributed by atoms with Gasteiger partial charge in [-0.2, -0.15) is 0 Å². The third kappa shape index (κ3) is 1.35. The van der Waals surface area contributed by atoms with E-state index in [-0.39, 0.29) is 56.6 Å². The Morgan fingerprint density at radius 2 is 0.960 bits per heavy atom. The van der Waals surface area contributed by atoms with Crippen molar-refractivity contribution in [2.24, 2.45) is 33.0 Å². The van der Waals surface area contributed by atoms with Crippen LogP contribution in [-0.4, -0.2) is 56.6 Å². The molecule has 0 aliphatic heterocycles. The van der Waals surface area contributed by atoms with Gasteiger partial charge in [-0.3, -0.25) is 0 Å². The van der Waals surface area contributed by atoms with Gasteiger partial charge in [0.1, 0.15) is 72.8 Å². The van der Waals surface area contributed by atoms with E-state index in [0.29, 0.717) is 0 Å². The van der Waals surface area contributed by atoms with Crippen LogP contribution in [0.3, 0.4) is 0 Å². The maximum absolute atomic E-state index is 11.9. The van der Waals surface area contributed by atoms with Gasteiger partial charge < -0.3 is 43.2 Å². The normalized spacial score (nSPS) is 31.9. The van der Waals surface area contributed by atoms with Gasteiger partial charge in [-0.1, -0.05) is 0 Å². The number of hydrogen-bond acceptors (Lipinski definition) is 9. The molecule has 0 N–H and O–H groups in total. The highest BCUT2D eigenvalue weighted by Gasteiger charge is 2.93. The van der Waals surface area contributed by atoms with E-state index in [1.54, 1.807) is 0 Å². The first kappa shape index (κ1) is 18.4. The molecule has 2 atom stereocenters. The van der Waals surface area contributed by atoms with E-state index in [1.165, 1.54) is 0 Å². The summed E-state index contributed by atoms with van der Waals surface area (Å²) >= 11 is 0. The largest absolute Gasteiger partial charge is 0.303 e. The first-order valence-corrected chi connectivity index (χ1v) is 7.06. The Morgan fingerprint density at radius 3 is 1.24 bits per heavy atom. The zero-order chi connectivity index (χ0) is 19.1. The Hall–Kier alpha value is -2.97. The highest BCUT2D eigenvalue weighted by atomic mass is 16.2. The molecule has 0 aromatic heterocycles. The van der Waals surface area contributed by atoms with Crippen LogP contribution in [0.15, 0.2) is 0 Å². The lowest BCUT2D eigenvalue weighted by atomic mass is 9.43. The lowest BCUT2D eigenvalue weighted by molar-refractivity contribution is -0.178. The average Bonchev–Trinajstić information content (AvgIpc) is 3.27. The maximum atomic E-state index is 11.9. The zero-order valence-corrected chi connectivity index (χ0v) is 12.7. The number of fused-ring (bicyclic) bond motifs is 1. The summed E-state index contributed by atoms with van der Waals surface area (Å²) in [6.07, 6.45) is -1.62. The molecule has 0 amide bonds. The van der Waals surface area contributed by atoms with Crippen LogP contribution in [-0.2, 0) is 43.2 Å². The highest BCUT2D eigenvalue weighted by molar-refractivity contribution is 6.15. The first-order chi connectivity index (χ1) is 11.9. The van der Waals surface area contributed by atoms with Gasteiger partial charge in [-0.25, -0.2) is 0 Å². The summed E-state index contributed by atoms with van der Waals surface area (Å²) < 4.78 is 0. The van der Waals surface area contributed by atoms with Gasteiger partial charge in [0.25, 0.3) is 0 Å². The van der Waals surface area contributed by atoms with Crippen LogP contribution in [0.5, 0.6) is 0 Å². The average molecular weight is 348 g/mol. The second kappa shape index (κ2) is 5.27. The third-order valence-corrected chi connectivity index (χ3v) is 6.18. The van der Waals surface area contributed by atoms with Crippen LogP contribution < -0.4 is 0 Å². The number of rotatable bonds is 9. The van der Waals surface area contributed by atoms with E-state index in [1.807, 2.05) is 0 Å². The van der Waals surface area contributed by atoms with Crippen LogP contribution in [0.1, 0.15) is 6.42 Å². The topological polar surface area (TPSA) is 154 Å². The monoisotopic (exact) mass is 348 g/mol. The molecule has 9 nitrogen and oxygen atoms in total. The molecule has 2 aliphatic rings. The summed E-state index contributed by atoms with van der Waals surface area (Å²) in [4.78, 5) is 106. The van der Waals surface area contributed by atoms with Crippen molar-refractivity contribution in [2.45, 2.75) is 6.42 Å². The number of aldehydes is 9. The minimum absolute atomic E-state index is 0.00451.